The van der Waals surface area contributed by atoms with E-state index in [-0.39, 0.29) is 11.7 Å². The quantitative estimate of drug-likeness (QED) is 0.557. The Kier molecular flexibility index (Phi) is 6.15. The van der Waals surface area contributed by atoms with E-state index >= 15 is 0 Å². The zero-order valence-electron chi connectivity index (χ0n) is 13.0. The molecule has 1 unspecified atom stereocenters. The summed E-state index contributed by atoms with van der Waals surface area (Å²) in [6, 6.07) is 14.4. The van der Waals surface area contributed by atoms with Crippen LogP contribution in [0.2, 0.25) is 0 Å². The van der Waals surface area contributed by atoms with Gasteiger partial charge in [-0.3, -0.25) is 9.59 Å². The molecular formula is C18H18INO3. The maximum atomic E-state index is 12.1. The van der Waals surface area contributed by atoms with Crippen LogP contribution in [0.3, 0.4) is 0 Å². The lowest BCUT2D eigenvalue weighted by Gasteiger charge is -2.15. The summed E-state index contributed by atoms with van der Waals surface area (Å²) in [6.45, 7) is 3.51. The summed E-state index contributed by atoms with van der Waals surface area (Å²) in [5.41, 5.74) is 1.38. The second kappa shape index (κ2) is 8.10. The number of anilines is 1. The van der Waals surface area contributed by atoms with Crippen molar-refractivity contribution in [1.29, 1.82) is 0 Å². The zero-order chi connectivity index (χ0) is 16.8. The van der Waals surface area contributed by atoms with Gasteiger partial charge in [0.25, 0.3) is 5.91 Å². The Balaban J connectivity index is 1.95. The molecule has 0 fully saturated rings. The number of hydrogen-bond donors (Lipinski definition) is 1. The molecule has 0 aromatic heterocycles. The van der Waals surface area contributed by atoms with E-state index in [2.05, 4.69) is 27.9 Å². The van der Waals surface area contributed by atoms with Crippen LogP contribution in [-0.4, -0.2) is 17.8 Å². The topological polar surface area (TPSA) is 55.4 Å². The van der Waals surface area contributed by atoms with Crippen molar-refractivity contribution >= 4 is 40.0 Å². The van der Waals surface area contributed by atoms with Gasteiger partial charge in [-0.25, -0.2) is 0 Å². The molecule has 5 heteroatoms. The summed E-state index contributed by atoms with van der Waals surface area (Å²) in [5.74, 6) is 0.420. The van der Waals surface area contributed by atoms with E-state index in [0.717, 1.165) is 9.26 Å². The second-order valence-electron chi connectivity index (χ2n) is 5.06. The predicted molar refractivity (Wildman–Crippen MR) is 98.9 cm³/mol. The summed E-state index contributed by atoms with van der Waals surface area (Å²) < 4.78 is 6.72. The molecule has 4 nitrogen and oxygen atoms in total. The van der Waals surface area contributed by atoms with Gasteiger partial charge in [-0.1, -0.05) is 6.92 Å². The van der Waals surface area contributed by atoms with Crippen LogP contribution in [0, 0.1) is 3.57 Å². The van der Waals surface area contributed by atoms with Crippen molar-refractivity contribution < 1.29 is 14.3 Å². The highest BCUT2D eigenvalue weighted by Gasteiger charge is 2.15. The van der Waals surface area contributed by atoms with E-state index in [1.54, 1.807) is 31.2 Å². The van der Waals surface area contributed by atoms with Crippen LogP contribution >= 0.6 is 22.6 Å². The standard InChI is InChI=1S/C18H18INO3/c1-3-17(21)13-4-10-16(11-5-13)23-12(2)18(22)20-15-8-6-14(19)7-9-15/h4-12H,3H2,1-2H3,(H,20,22). The number of ether oxygens (including phenoxy) is 1. The molecular weight excluding hydrogens is 405 g/mol. The van der Waals surface area contributed by atoms with Gasteiger partial charge >= 0.3 is 0 Å². The molecule has 2 aromatic rings. The van der Waals surface area contributed by atoms with Gasteiger partial charge in [-0.05, 0) is 78.0 Å². The highest BCUT2D eigenvalue weighted by atomic mass is 127. The average Bonchev–Trinajstić information content (AvgIpc) is 2.56. The molecule has 1 atom stereocenters. The van der Waals surface area contributed by atoms with Crippen LogP contribution in [-0.2, 0) is 4.79 Å². The minimum absolute atomic E-state index is 0.0843. The Morgan fingerprint density at radius 3 is 2.26 bits per heavy atom. The number of carbonyl (C=O) groups is 2. The Labute approximate surface area is 149 Å². The van der Waals surface area contributed by atoms with Gasteiger partial charge in [0.2, 0.25) is 0 Å². The van der Waals surface area contributed by atoms with Gasteiger partial charge in [-0.15, -0.1) is 0 Å². The third-order valence-electron chi connectivity index (χ3n) is 3.29. The van der Waals surface area contributed by atoms with Gasteiger partial charge in [0.1, 0.15) is 5.75 Å². The number of benzene rings is 2. The van der Waals surface area contributed by atoms with E-state index in [1.807, 2.05) is 31.2 Å². The fraction of sp³-hybridized carbons (Fsp3) is 0.222. The van der Waals surface area contributed by atoms with Crippen molar-refractivity contribution in [2.75, 3.05) is 5.32 Å². The van der Waals surface area contributed by atoms with Crippen LogP contribution in [0.5, 0.6) is 5.75 Å². The van der Waals surface area contributed by atoms with Crippen molar-refractivity contribution in [2.24, 2.45) is 0 Å². The van der Waals surface area contributed by atoms with Gasteiger partial charge in [0.15, 0.2) is 11.9 Å². The molecule has 0 aliphatic carbocycles. The first-order chi connectivity index (χ1) is 11.0. The first kappa shape index (κ1) is 17.5. The van der Waals surface area contributed by atoms with E-state index in [9.17, 15) is 9.59 Å². The molecule has 0 heterocycles. The second-order valence-corrected chi connectivity index (χ2v) is 6.30. The lowest BCUT2D eigenvalue weighted by Crippen LogP contribution is -2.30. The number of amides is 1. The minimum atomic E-state index is -0.637. The first-order valence-corrected chi connectivity index (χ1v) is 8.44. The lowest BCUT2D eigenvalue weighted by molar-refractivity contribution is -0.122. The molecule has 0 saturated carbocycles. The smallest absolute Gasteiger partial charge is 0.265 e. The van der Waals surface area contributed by atoms with Crippen LogP contribution in [0.15, 0.2) is 48.5 Å². The van der Waals surface area contributed by atoms with Crippen molar-refractivity contribution in [3.63, 3.8) is 0 Å². The fourth-order valence-electron chi connectivity index (χ4n) is 1.96. The van der Waals surface area contributed by atoms with E-state index in [1.165, 1.54) is 0 Å². The van der Waals surface area contributed by atoms with Crippen LogP contribution in [0.4, 0.5) is 5.69 Å². The molecule has 1 N–H and O–H groups in total. The number of ketones is 1. The fourth-order valence-corrected chi connectivity index (χ4v) is 2.32. The Bertz CT molecular complexity index is 680. The molecule has 120 valence electrons. The zero-order valence-corrected chi connectivity index (χ0v) is 15.2. The van der Waals surface area contributed by atoms with Gasteiger partial charge < -0.3 is 10.1 Å². The molecule has 1 amide bonds. The van der Waals surface area contributed by atoms with Crippen molar-refractivity contribution in [2.45, 2.75) is 26.4 Å². The monoisotopic (exact) mass is 423 g/mol. The normalized spacial score (nSPS) is 11.6. The molecule has 2 rings (SSSR count). The maximum absolute atomic E-state index is 12.1. The van der Waals surface area contributed by atoms with Crippen molar-refractivity contribution in [3.05, 3.63) is 57.7 Å². The SMILES string of the molecule is CCC(=O)c1ccc(OC(C)C(=O)Nc2ccc(I)cc2)cc1. The number of nitrogens with one attached hydrogen (secondary N) is 1. The van der Waals surface area contributed by atoms with E-state index in [4.69, 9.17) is 4.74 Å². The minimum Gasteiger partial charge on any atom is -0.481 e. The number of hydrogen-bond acceptors (Lipinski definition) is 3. The van der Waals surface area contributed by atoms with Crippen LogP contribution < -0.4 is 10.1 Å². The Hall–Kier alpha value is -1.89. The molecule has 0 aliphatic rings. The summed E-state index contributed by atoms with van der Waals surface area (Å²) in [6.07, 6.45) is -0.170. The number of rotatable bonds is 6. The molecule has 0 radical (unpaired) electrons. The number of Topliss-reactive ketones (excluding diaryl/α,β-unsaturated/α-hetero) is 1. The van der Waals surface area contributed by atoms with Gasteiger partial charge in [0, 0.05) is 21.2 Å². The third kappa shape index (κ3) is 5.06. The molecule has 0 saturated heterocycles. The van der Waals surface area contributed by atoms with Gasteiger partial charge in [-0.2, -0.15) is 0 Å². The molecule has 0 spiro atoms. The third-order valence-corrected chi connectivity index (χ3v) is 4.01. The Morgan fingerprint density at radius 1 is 1.09 bits per heavy atom. The number of halogens is 1. The van der Waals surface area contributed by atoms with Crippen molar-refractivity contribution in [1.82, 2.24) is 0 Å². The highest BCUT2D eigenvalue weighted by molar-refractivity contribution is 14.1. The summed E-state index contributed by atoms with van der Waals surface area (Å²) in [4.78, 5) is 23.7. The molecule has 23 heavy (non-hydrogen) atoms. The average molecular weight is 423 g/mol. The lowest BCUT2D eigenvalue weighted by atomic mass is 10.1. The predicted octanol–water partition coefficient (Wildman–Crippen LogP) is 4.29. The first-order valence-electron chi connectivity index (χ1n) is 7.36. The summed E-state index contributed by atoms with van der Waals surface area (Å²) in [5, 5.41) is 2.81. The summed E-state index contributed by atoms with van der Waals surface area (Å²) >= 11 is 2.21. The van der Waals surface area contributed by atoms with Crippen molar-refractivity contribution in [3.8, 4) is 5.75 Å². The van der Waals surface area contributed by atoms with Crippen LogP contribution in [0.1, 0.15) is 30.6 Å². The largest absolute Gasteiger partial charge is 0.481 e. The molecule has 2 aromatic carbocycles. The van der Waals surface area contributed by atoms with Crippen LogP contribution in [0.25, 0.3) is 0 Å². The highest BCUT2D eigenvalue weighted by Crippen LogP contribution is 2.16. The maximum Gasteiger partial charge on any atom is 0.265 e. The summed E-state index contributed by atoms with van der Waals surface area (Å²) in [7, 11) is 0. The molecule has 0 aliphatic heterocycles. The number of carbonyl (C=O) groups excluding carboxylic acids is 2. The van der Waals surface area contributed by atoms with E-state index in [0.29, 0.717) is 17.7 Å². The Morgan fingerprint density at radius 2 is 1.70 bits per heavy atom. The molecule has 0 bridgehead atoms. The van der Waals surface area contributed by atoms with E-state index < -0.39 is 6.10 Å². The van der Waals surface area contributed by atoms with Gasteiger partial charge in [0.05, 0.1) is 0 Å².